The number of carbonyl (C=O) groups excluding carboxylic acids is 1. The van der Waals surface area contributed by atoms with Gasteiger partial charge in [-0.15, -0.1) is 0 Å². The first-order chi connectivity index (χ1) is 8.97. The minimum atomic E-state index is -1.04. The van der Waals surface area contributed by atoms with E-state index in [1.54, 1.807) is 6.20 Å². The van der Waals surface area contributed by atoms with Crippen LogP contribution >= 0.6 is 0 Å². The highest BCUT2D eigenvalue weighted by atomic mass is 16.4. The smallest absolute Gasteiger partial charge is 0.326 e. The number of nitrogens with zero attached hydrogens (tertiary/aromatic N) is 1. The Morgan fingerprint density at radius 2 is 2.21 bits per heavy atom. The molecule has 1 unspecified atom stereocenters. The Balaban J connectivity index is 2.28. The van der Waals surface area contributed by atoms with Crippen LogP contribution in [0.15, 0.2) is 18.3 Å². The molecule has 2 aromatic rings. The Bertz CT molecular complexity index is 633. The summed E-state index contributed by atoms with van der Waals surface area (Å²) in [6, 6.07) is 2.86. The number of aryl methyl sites for hydroxylation is 1. The topological polar surface area (TPSA) is 95.1 Å². The summed E-state index contributed by atoms with van der Waals surface area (Å²) >= 11 is 0. The average Bonchev–Trinajstić information content (AvgIpc) is 2.76. The van der Waals surface area contributed by atoms with Crippen LogP contribution in [-0.2, 0) is 16.0 Å². The first kappa shape index (κ1) is 13.1. The lowest BCUT2D eigenvalue weighted by Crippen LogP contribution is -2.41. The molecule has 2 rings (SSSR count). The van der Waals surface area contributed by atoms with Gasteiger partial charge in [0.1, 0.15) is 6.04 Å². The fourth-order valence-electron chi connectivity index (χ4n) is 2.11. The number of aliphatic carboxylic acids is 1. The molecule has 0 saturated carbocycles. The second-order valence-corrected chi connectivity index (χ2v) is 4.54. The third-order valence-corrected chi connectivity index (χ3v) is 2.92. The maximum atomic E-state index is 11.1. The number of fused-ring (bicyclic) bond motifs is 1. The van der Waals surface area contributed by atoms with Gasteiger partial charge in [-0.1, -0.05) is 6.07 Å². The van der Waals surface area contributed by atoms with Gasteiger partial charge in [0.05, 0.1) is 11.7 Å². The fraction of sp³-hybridized carbons (Fsp3) is 0.308. The van der Waals surface area contributed by atoms with Gasteiger partial charge >= 0.3 is 5.97 Å². The van der Waals surface area contributed by atoms with Crippen molar-refractivity contribution in [2.45, 2.75) is 26.3 Å². The van der Waals surface area contributed by atoms with E-state index in [1.165, 1.54) is 6.92 Å². The minimum Gasteiger partial charge on any atom is -0.480 e. The molecule has 0 spiro atoms. The van der Waals surface area contributed by atoms with Crippen LogP contribution in [-0.4, -0.2) is 33.2 Å². The van der Waals surface area contributed by atoms with E-state index in [1.807, 2.05) is 19.1 Å². The predicted octanol–water partition coefficient (Wildman–Crippen LogP) is 1.00. The fourth-order valence-corrected chi connectivity index (χ4v) is 2.11. The largest absolute Gasteiger partial charge is 0.480 e. The zero-order valence-electron chi connectivity index (χ0n) is 10.7. The summed E-state index contributed by atoms with van der Waals surface area (Å²) in [7, 11) is 0. The molecule has 6 nitrogen and oxygen atoms in total. The first-order valence-corrected chi connectivity index (χ1v) is 5.90. The zero-order chi connectivity index (χ0) is 14.0. The Hall–Kier alpha value is -2.37. The van der Waals surface area contributed by atoms with Crippen LogP contribution in [0.25, 0.3) is 10.9 Å². The van der Waals surface area contributed by atoms with Crippen molar-refractivity contribution in [1.82, 2.24) is 15.5 Å². The van der Waals surface area contributed by atoms with Gasteiger partial charge in [0, 0.05) is 18.7 Å². The quantitative estimate of drug-likeness (QED) is 0.765. The first-order valence-electron chi connectivity index (χ1n) is 5.90. The molecule has 0 aliphatic rings. The number of amides is 1. The van der Waals surface area contributed by atoms with Crippen LogP contribution in [0.1, 0.15) is 18.1 Å². The summed E-state index contributed by atoms with van der Waals surface area (Å²) in [5.41, 5.74) is 2.79. The normalized spacial score (nSPS) is 12.3. The van der Waals surface area contributed by atoms with E-state index in [0.29, 0.717) is 0 Å². The summed E-state index contributed by atoms with van der Waals surface area (Å²) in [6.07, 6.45) is 1.94. The van der Waals surface area contributed by atoms with Crippen LogP contribution in [0.3, 0.4) is 0 Å². The second-order valence-electron chi connectivity index (χ2n) is 4.54. The van der Waals surface area contributed by atoms with Gasteiger partial charge in [-0.2, -0.15) is 5.10 Å². The summed E-state index contributed by atoms with van der Waals surface area (Å²) in [6.45, 7) is 3.23. The summed E-state index contributed by atoms with van der Waals surface area (Å²) < 4.78 is 0. The molecular weight excluding hydrogens is 246 g/mol. The highest BCUT2D eigenvalue weighted by Gasteiger charge is 2.19. The molecule has 3 N–H and O–H groups in total. The third-order valence-electron chi connectivity index (χ3n) is 2.92. The summed E-state index contributed by atoms with van der Waals surface area (Å²) in [4.78, 5) is 22.1. The molecule has 100 valence electrons. The van der Waals surface area contributed by atoms with Gasteiger partial charge in [-0.25, -0.2) is 4.79 Å². The molecule has 1 amide bonds. The van der Waals surface area contributed by atoms with Gasteiger partial charge < -0.3 is 10.4 Å². The number of benzene rings is 1. The SMILES string of the molecule is CC(=O)NC(Cc1cc(C)c2[nH]ncc2c1)C(=O)O. The monoisotopic (exact) mass is 261 g/mol. The molecule has 1 heterocycles. The number of H-pyrrole nitrogens is 1. The molecule has 0 aliphatic heterocycles. The number of carboxylic acid groups (broad SMARTS) is 1. The molecule has 1 aromatic heterocycles. The van der Waals surface area contributed by atoms with E-state index in [2.05, 4.69) is 15.5 Å². The number of hydrogen-bond donors (Lipinski definition) is 3. The van der Waals surface area contributed by atoms with Crippen LogP contribution in [0.2, 0.25) is 0 Å². The van der Waals surface area contributed by atoms with Crippen molar-refractivity contribution in [3.63, 3.8) is 0 Å². The van der Waals surface area contributed by atoms with E-state index in [0.717, 1.165) is 22.0 Å². The van der Waals surface area contributed by atoms with Crippen molar-refractivity contribution < 1.29 is 14.7 Å². The lowest BCUT2D eigenvalue weighted by atomic mass is 10.0. The molecule has 0 radical (unpaired) electrons. The number of aromatic nitrogens is 2. The Kier molecular flexibility index (Phi) is 3.50. The van der Waals surface area contributed by atoms with E-state index < -0.39 is 12.0 Å². The molecule has 0 aliphatic carbocycles. The molecule has 0 saturated heterocycles. The van der Waals surface area contributed by atoms with Gasteiger partial charge in [-0.3, -0.25) is 9.89 Å². The lowest BCUT2D eigenvalue weighted by Gasteiger charge is -2.13. The molecule has 0 bridgehead atoms. The molecule has 1 atom stereocenters. The standard InChI is InChI=1S/C13H15N3O3/c1-7-3-9(4-10-6-14-16-12(7)10)5-11(13(18)19)15-8(2)17/h3-4,6,11H,5H2,1-2H3,(H,14,16)(H,15,17)(H,18,19). The Morgan fingerprint density at radius 3 is 2.84 bits per heavy atom. The second kappa shape index (κ2) is 5.09. The molecule has 1 aromatic carbocycles. The van der Waals surface area contributed by atoms with Crippen LogP contribution < -0.4 is 5.32 Å². The average molecular weight is 261 g/mol. The summed E-state index contributed by atoms with van der Waals surface area (Å²) in [5.74, 6) is -1.39. The van der Waals surface area contributed by atoms with E-state index in [9.17, 15) is 9.59 Å². The number of nitrogens with one attached hydrogen (secondary N) is 2. The van der Waals surface area contributed by atoms with E-state index in [4.69, 9.17) is 5.11 Å². The van der Waals surface area contributed by atoms with E-state index >= 15 is 0 Å². The predicted molar refractivity (Wildman–Crippen MR) is 69.8 cm³/mol. The highest BCUT2D eigenvalue weighted by Crippen LogP contribution is 2.19. The van der Waals surface area contributed by atoms with E-state index in [-0.39, 0.29) is 12.3 Å². The van der Waals surface area contributed by atoms with Gasteiger partial charge in [0.15, 0.2) is 0 Å². The van der Waals surface area contributed by atoms with Crippen molar-refractivity contribution in [2.24, 2.45) is 0 Å². The van der Waals surface area contributed by atoms with Crippen molar-refractivity contribution in [3.8, 4) is 0 Å². The number of carbonyl (C=O) groups is 2. The Labute approximate surface area is 109 Å². The molecule has 6 heteroatoms. The number of hydrogen-bond acceptors (Lipinski definition) is 3. The van der Waals surface area contributed by atoms with Gasteiger partial charge in [-0.05, 0) is 24.1 Å². The highest BCUT2D eigenvalue weighted by molar-refractivity contribution is 5.84. The maximum Gasteiger partial charge on any atom is 0.326 e. The van der Waals surface area contributed by atoms with Crippen molar-refractivity contribution >= 4 is 22.8 Å². The third kappa shape index (κ3) is 2.90. The van der Waals surface area contributed by atoms with Crippen molar-refractivity contribution in [1.29, 1.82) is 0 Å². The van der Waals surface area contributed by atoms with Crippen LogP contribution in [0.4, 0.5) is 0 Å². The summed E-state index contributed by atoms with van der Waals surface area (Å²) in [5, 5.41) is 19.3. The molecule has 0 fully saturated rings. The van der Waals surface area contributed by atoms with Gasteiger partial charge in [0.25, 0.3) is 0 Å². The zero-order valence-corrected chi connectivity index (χ0v) is 10.7. The number of rotatable bonds is 4. The lowest BCUT2D eigenvalue weighted by molar-refractivity contribution is -0.141. The van der Waals surface area contributed by atoms with Gasteiger partial charge in [0.2, 0.25) is 5.91 Å². The van der Waals surface area contributed by atoms with Crippen LogP contribution in [0.5, 0.6) is 0 Å². The van der Waals surface area contributed by atoms with Crippen molar-refractivity contribution in [2.75, 3.05) is 0 Å². The number of aromatic amines is 1. The van der Waals surface area contributed by atoms with Crippen molar-refractivity contribution in [3.05, 3.63) is 29.5 Å². The molecule has 19 heavy (non-hydrogen) atoms. The maximum absolute atomic E-state index is 11.1. The number of carboxylic acids is 1. The van der Waals surface area contributed by atoms with Crippen LogP contribution in [0, 0.1) is 6.92 Å². The minimum absolute atomic E-state index is 0.247. The molecular formula is C13H15N3O3. The Morgan fingerprint density at radius 1 is 1.47 bits per heavy atom.